The Morgan fingerprint density at radius 3 is 1.67 bits per heavy atom. The lowest BCUT2D eigenvalue weighted by Crippen LogP contribution is -2.51. The van der Waals surface area contributed by atoms with Crippen LogP contribution in [0.4, 0.5) is 17.6 Å². The largest absolute Gasteiger partial charge is 0.497 e. The van der Waals surface area contributed by atoms with Gasteiger partial charge < -0.3 is 10.5 Å². The summed E-state index contributed by atoms with van der Waals surface area (Å²) in [5.74, 6) is -0.208. The van der Waals surface area contributed by atoms with Gasteiger partial charge in [-0.25, -0.2) is 4.39 Å². The van der Waals surface area contributed by atoms with E-state index in [1.165, 1.54) is 31.4 Å². The molecule has 0 spiro atoms. The number of alkyl halides is 3. The first-order chi connectivity index (χ1) is 9.79. The average molecular weight is 299 g/mol. The van der Waals surface area contributed by atoms with Gasteiger partial charge in [0.2, 0.25) is 0 Å². The van der Waals surface area contributed by atoms with Gasteiger partial charge in [0.05, 0.1) is 7.11 Å². The first-order valence-corrected chi connectivity index (χ1v) is 6.05. The molecule has 0 radical (unpaired) electrons. The second-order valence-corrected chi connectivity index (χ2v) is 4.54. The molecular formula is C15H13F4NO. The fourth-order valence-corrected chi connectivity index (χ4v) is 2.06. The first-order valence-electron chi connectivity index (χ1n) is 6.05. The summed E-state index contributed by atoms with van der Waals surface area (Å²) >= 11 is 0. The number of hydrogen-bond acceptors (Lipinski definition) is 2. The number of nitrogens with two attached hydrogens (primary N) is 1. The maximum absolute atomic E-state index is 13.5. The molecule has 0 fully saturated rings. The van der Waals surface area contributed by atoms with Crippen molar-refractivity contribution in [1.82, 2.24) is 0 Å². The van der Waals surface area contributed by atoms with Gasteiger partial charge in [-0.2, -0.15) is 13.2 Å². The predicted molar refractivity (Wildman–Crippen MR) is 70.4 cm³/mol. The van der Waals surface area contributed by atoms with Crippen LogP contribution in [0.1, 0.15) is 11.1 Å². The summed E-state index contributed by atoms with van der Waals surface area (Å²) in [6, 6.07) is 9.25. The van der Waals surface area contributed by atoms with E-state index in [4.69, 9.17) is 10.5 Å². The Morgan fingerprint density at radius 1 is 0.857 bits per heavy atom. The molecule has 21 heavy (non-hydrogen) atoms. The summed E-state index contributed by atoms with van der Waals surface area (Å²) in [5, 5.41) is 0. The van der Waals surface area contributed by atoms with Gasteiger partial charge in [-0.3, -0.25) is 0 Å². The van der Waals surface area contributed by atoms with Crippen LogP contribution in [0.15, 0.2) is 48.5 Å². The maximum Gasteiger partial charge on any atom is 0.414 e. The molecule has 1 unspecified atom stereocenters. The molecule has 2 aromatic carbocycles. The minimum Gasteiger partial charge on any atom is -0.497 e. The smallest absolute Gasteiger partial charge is 0.414 e. The van der Waals surface area contributed by atoms with Gasteiger partial charge in [0.25, 0.3) is 0 Å². The molecule has 1 atom stereocenters. The van der Waals surface area contributed by atoms with Crippen LogP contribution < -0.4 is 10.5 Å². The molecule has 0 aliphatic rings. The second-order valence-electron chi connectivity index (χ2n) is 4.54. The summed E-state index contributed by atoms with van der Waals surface area (Å²) in [7, 11) is 1.41. The molecule has 2 rings (SSSR count). The fraction of sp³-hybridized carbons (Fsp3) is 0.200. The van der Waals surface area contributed by atoms with Crippen molar-refractivity contribution in [2.45, 2.75) is 11.7 Å². The van der Waals surface area contributed by atoms with Crippen LogP contribution in [-0.2, 0) is 5.54 Å². The molecule has 2 N–H and O–H groups in total. The van der Waals surface area contributed by atoms with Gasteiger partial charge in [0.15, 0.2) is 5.54 Å². The summed E-state index contributed by atoms with van der Waals surface area (Å²) in [5.41, 5.74) is 2.57. The molecule has 0 heterocycles. The van der Waals surface area contributed by atoms with Gasteiger partial charge in [-0.05, 0) is 35.4 Å². The molecular weight excluding hydrogens is 286 g/mol. The molecule has 2 aromatic rings. The quantitative estimate of drug-likeness (QED) is 0.879. The molecule has 2 nitrogen and oxygen atoms in total. The van der Waals surface area contributed by atoms with E-state index in [-0.39, 0.29) is 11.1 Å². The number of hydrogen-bond donors (Lipinski definition) is 1. The number of rotatable bonds is 3. The van der Waals surface area contributed by atoms with Crippen LogP contribution in [0.3, 0.4) is 0 Å². The predicted octanol–water partition coefficient (Wildman–Crippen LogP) is 3.60. The number of ether oxygens (including phenoxy) is 1. The van der Waals surface area contributed by atoms with Crippen LogP contribution in [-0.4, -0.2) is 13.3 Å². The highest BCUT2D eigenvalue weighted by Crippen LogP contribution is 2.42. The Labute approximate surface area is 119 Å². The van der Waals surface area contributed by atoms with Crippen LogP contribution in [0, 0.1) is 5.82 Å². The highest BCUT2D eigenvalue weighted by Gasteiger charge is 2.54. The van der Waals surface area contributed by atoms with E-state index in [9.17, 15) is 17.6 Å². The van der Waals surface area contributed by atoms with Gasteiger partial charge >= 0.3 is 6.18 Å². The molecule has 6 heteroatoms. The maximum atomic E-state index is 13.5. The number of halogens is 4. The SMILES string of the molecule is COc1ccc(C(N)(c2ccc(F)cc2)C(F)(F)F)cc1. The third kappa shape index (κ3) is 2.71. The number of methoxy groups -OCH3 is 1. The molecule has 112 valence electrons. The Kier molecular flexibility index (Phi) is 3.91. The van der Waals surface area contributed by atoms with Crippen LogP contribution >= 0.6 is 0 Å². The zero-order valence-electron chi connectivity index (χ0n) is 11.1. The van der Waals surface area contributed by atoms with E-state index in [2.05, 4.69) is 0 Å². The monoisotopic (exact) mass is 299 g/mol. The summed E-state index contributed by atoms with van der Waals surface area (Å²) in [4.78, 5) is 0. The summed E-state index contributed by atoms with van der Waals surface area (Å²) in [6.07, 6.45) is -4.74. The molecule has 0 aromatic heterocycles. The average Bonchev–Trinajstić information content (AvgIpc) is 2.46. The van der Waals surface area contributed by atoms with Crippen molar-refractivity contribution in [3.63, 3.8) is 0 Å². The summed E-state index contributed by atoms with van der Waals surface area (Å²) in [6.45, 7) is 0. The van der Waals surface area contributed by atoms with Crippen molar-refractivity contribution in [2.24, 2.45) is 5.73 Å². The van der Waals surface area contributed by atoms with Gasteiger partial charge in [0.1, 0.15) is 11.6 Å². The van der Waals surface area contributed by atoms with Gasteiger partial charge in [-0.1, -0.05) is 24.3 Å². The topological polar surface area (TPSA) is 35.2 Å². The molecule has 0 amide bonds. The van der Waals surface area contributed by atoms with Crippen LogP contribution in [0.2, 0.25) is 0 Å². The normalized spacial score (nSPS) is 14.6. The van der Waals surface area contributed by atoms with Crippen molar-refractivity contribution in [2.75, 3.05) is 7.11 Å². The lowest BCUT2D eigenvalue weighted by molar-refractivity contribution is -0.176. The van der Waals surface area contributed by atoms with E-state index in [0.29, 0.717) is 5.75 Å². The van der Waals surface area contributed by atoms with E-state index < -0.39 is 17.5 Å². The Morgan fingerprint density at radius 2 is 1.29 bits per heavy atom. The van der Waals surface area contributed by atoms with E-state index in [1.54, 1.807) is 0 Å². The lowest BCUT2D eigenvalue weighted by Gasteiger charge is -2.33. The minimum absolute atomic E-state index is 0.151. The standard InChI is InChI=1S/C15H13F4NO/c1-21-13-8-4-11(5-9-13)14(20,15(17,18)19)10-2-6-12(16)7-3-10/h2-9H,20H2,1H3. The van der Waals surface area contributed by atoms with Crippen LogP contribution in [0.25, 0.3) is 0 Å². The fourth-order valence-electron chi connectivity index (χ4n) is 2.06. The third-order valence-corrected chi connectivity index (χ3v) is 3.29. The number of benzene rings is 2. The van der Waals surface area contributed by atoms with E-state index in [0.717, 1.165) is 24.3 Å². The highest BCUT2D eigenvalue weighted by atomic mass is 19.4. The Balaban J connectivity index is 2.58. The minimum atomic E-state index is -4.74. The zero-order valence-corrected chi connectivity index (χ0v) is 11.1. The Hall–Kier alpha value is -2.08. The molecule has 0 aliphatic heterocycles. The second kappa shape index (κ2) is 5.37. The lowest BCUT2D eigenvalue weighted by atomic mass is 9.83. The van der Waals surface area contributed by atoms with Crippen molar-refractivity contribution < 1.29 is 22.3 Å². The molecule has 0 aliphatic carbocycles. The first kappa shape index (κ1) is 15.3. The molecule has 0 bridgehead atoms. The van der Waals surface area contributed by atoms with Gasteiger partial charge in [-0.15, -0.1) is 0 Å². The molecule has 0 saturated heterocycles. The zero-order chi connectivity index (χ0) is 15.7. The van der Waals surface area contributed by atoms with Crippen LogP contribution in [0.5, 0.6) is 5.75 Å². The van der Waals surface area contributed by atoms with E-state index >= 15 is 0 Å². The van der Waals surface area contributed by atoms with Crippen molar-refractivity contribution >= 4 is 0 Å². The molecule has 0 saturated carbocycles. The summed E-state index contributed by atoms with van der Waals surface area (Å²) < 4.78 is 58.4. The highest BCUT2D eigenvalue weighted by molar-refractivity contribution is 5.42. The van der Waals surface area contributed by atoms with Crippen molar-refractivity contribution in [3.05, 3.63) is 65.5 Å². The van der Waals surface area contributed by atoms with Crippen molar-refractivity contribution in [1.29, 1.82) is 0 Å². The van der Waals surface area contributed by atoms with Crippen molar-refractivity contribution in [3.8, 4) is 5.75 Å². The Bertz CT molecular complexity index is 607. The third-order valence-electron chi connectivity index (χ3n) is 3.29. The van der Waals surface area contributed by atoms with Gasteiger partial charge in [0, 0.05) is 0 Å². The van der Waals surface area contributed by atoms with E-state index in [1.807, 2.05) is 0 Å².